The van der Waals surface area contributed by atoms with E-state index in [9.17, 15) is 4.79 Å². The molecule has 3 rings (SSSR count). The summed E-state index contributed by atoms with van der Waals surface area (Å²) in [4.78, 5) is 21.2. The van der Waals surface area contributed by atoms with Crippen LogP contribution in [0.25, 0.3) is 0 Å². The van der Waals surface area contributed by atoms with Crippen molar-refractivity contribution in [3.05, 3.63) is 0 Å². The second-order valence-corrected chi connectivity index (χ2v) is 8.46. The highest BCUT2D eigenvalue weighted by molar-refractivity contribution is 8.01. The Labute approximate surface area is 126 Å². The van der Waals surface area contributed by atoms with Gasteiger partial charge in [0.25, 0.3) is 5.91 Å². The van der Waals surface area contributed by atoms with Gasteiger partial charge in [0.05, 0.1) is 6.34 Å². The van der Waals surface area contributed by atoms with Crippen LogP contribution in [-0.2, 0) is 4.79 Å². The molecule has 3 aliphatic heterocycles. The molecule has 0 aliphatic carbocycles. The van der Waals surface area contributed by atoms with Gasteiger partial charge in [0, 0.05) is 23.9 Å². The zero-order valence-electron chi connectivity index (χ0n) is 12.7. The monoisotopic (exact) mass is 295 g/mol. The lowest BCUT2D eigenvalue weighted by Gasteiger charge is -2.42. The van der Waals surface area contributed by atoms with Gasteiger partial charge in [-0.15, -0.1) is 11.8 Å². The third-order valence-electron chi connectivity index (χ3n) is 4.93. The Kier molecular flexibility index (Phi) is 3.73. The third kappa shape index (κ3) is 2.34. The summed E-state index contributed by atoms with van der Waals surface area (Å²) >= 11 is 1.90. The van der Waals surface area contributed by atoms with Gasteiger partial charge in [0.15, 0.2) is 6.04 Å². The van der Waals surface area contributed by atoms with Crippen molar-refractivity contribution in [1.29, 1.82) is 0 Å². The molecule has 3 saturated heterocycles. The summed E-state index contributed by atoms with van der Waals surface area (Å²) in [6, 6.07) is 0.169. The molecule has 0 aromatic heterocycles. The number of hydrogen-bond donors (Lipinski definition) is 0. The molecule has 0 radical (unpaired) electrons. The zero-order chi connectivity index (χ0) is 14.3. The summed E-state index contributed by atoms with van der Waals surface area (Å²) in [6.07, 6.45) is 7.09. The SMILES string of the molecule is CC1N2C(=O)C(N=CN3CCCCCC3)C2SC1(C)C. The smallest absolute Gasteiger partial charge is 0.251 e. The summed E-state index contributed by atoms with van der Waals surface area (Å²) in [5, 5.41) is 0.260. The first kappa shape index (κ1) is 14.2. The topological polar surface area (TPSA) is 35.9 Å². The van der Waals surface area contributed by atoms with Crippen LogP contribution in [0.5, 0.6) is 0 Å². The van der Waals surface area contributed by atoms with Gasteiger partial charge in [0.1, 0.15) is 5.37 Å². The Morgan fingerprint density at radius 2 is 1.90 bits per heavy atom. The molecule has 20 heavy (non-hydrogen) atoms. The lowest BCUT2D eigenvalue weighted by Crippen LogP contribution is -2.62. The number of fused-ring (bicyclic) bond motifs is 1. The maximum absolute atomic E-state index is 12.3. The van der Waals surface area contributed by atoms with Gasteiger partial charge in [-0.3, -0.25) is 9.79 Å². The molecule has 3 fully saturated rings. The van der Waals surface area contributed by atoms with Gasteiger partial charge in [-0.2, -0.15) is 0 Å². The van der Waals surface area contributed by atoms with E-state index in [0.29, 0.717) is 6.04 Å². The first-order valence-corrected chi connectivity index (χ1v) is 8.66. The van der Waals surface area contributed by atoms with Crippen LogP contribution in [-0.4, -0.2) is 57.3 Å². The molecule has 0 spiro atoms. The largest absolute Gasteiger partial charge is 0.363 e. The maximum atomic E-state index is 12.3. The van der Waals surface area contributed by atoms with Gasteiger partial charge < -0.3 is 9.80 Å². The van der Waals surface area contributed by atoms with Crippen molar-refractivity contribution in [2.45, 2.75) is 68.7 Å². The fourth-order valence-electron chi connectivity index (χ4n) is 3.26. The minimum Gasteiger partial charge on any atom is -0.363 e. The number of carbonyl (C=O) groups excluding carboxylic acids is 1. The minimum atomic E-state index is -0.146. The van der Waals surface area contributed by atoms with Crippen molar-refractivity contribution >= 4 is 24.0 Å². The van der Waals surface area contributed by atoms with Crippen molar-refractivity contribution in [3.8, 4) is 0 Å². The van der Waals surface area contributed by atoms with E-state index in [1.54, 1.807) is 0 Å². The second kappa shape index (κ2) is 5.24. The zero-order valence-corrected chi connectivity index (χ0v) is 13.5. The number of nitrogens with zero attached hydrogens (tertiary/aromatic N) is 3. The van der Waals surface area contributed by atoms with Crippen LogP contribution in [0.3, 0.4) is 0 Å². The molecular formula is C15H25N3OS. The van der Waals surface area contributed by atoms with Crippen LogP contribution < -0.4 is 0 Å². The van der Waals surface area contributed by atoms with Crippen molar-refractivity contribution in [1.82, 2.24) is 9.80 Å². The van der Waals surface area contributed by atoms with Crippen molar-refractivity contribution < 1.29 is 4.79 Å². The molecule has 0 aromatic carbocycles. The highest BCUT2D eigenvalue weighted by atomic mass is 32.2. The molecule has 3 heterocycles. The summed E-state index contributed by atoms with van der Waals surface area (Å²) in [6.45, 7) is 8.79. The number of carbonyl (C=O) groups is 1. The lowest BCUT2D eigenvalue weighted by molar-refractivity contribution is -0.146. The summed E-state index contributed by atoms with van der Waals surface area (Å²) in [7, 11) is 0. The first-order chi connectivity index (χ1) is 9.50. The Balaban J connectivity index is 1.63. The number of aliphatic imine (C=N–C) groups is 1. The third-order valence-corrected chi connectivity index (χ3v) is 6.61. The van der Waals surface area contributed by atoms with Crippen molar-refractivity contribution in [2.75, 3.05) is 13.1 Å². The number of β-lactam (4-membered cyclic amide) rings is 1. The highest BCUT2D eigenvalue weighted by Crippen LogP contribution is 2.51. The Bertz CT molecular complexity index is 415. The predicted molar refractivity (Wildman–Crippen MR) is 84.1 cm³/mol. The molecule has 0 N–H and O–H groups in total. The van der Waals surface area contributed by atoms with Crippen molar-refractivity contribution in [2.24, 2.45) is 4.99 Å². The average Bonchev–Trinajstić information content (AvgIpc) is 2.60. The van der Waals surface area contributed by atoms with E-state index in [0.717, 1.165) is 13.1 Å². The number of hydrogen-bond acceptors (Lipinski definition) is 3. The van der Waals surface area contributed by atoms with Crippen LogP contribution in [0.1, 0.15) is 46.5 Å². The number of thioether (sulfide) groups is 1. The molecule has 3 atom stereocenters. The molecule has 0 bridgehead atoms. The molecule has 3 unspecified atom stereocenters. The first-order valence-electron chi connectivity index (χ1n) is 7.78. The Morgan fingerprint density at radius 1 is 1.25 bits per heavy atom. The van der Waals surface area contributed by atoms with Crippen LogP contribution in [0.4, 0.5) is 0 Å². The lowest BCUT2D eigenvalue weighted by atomic mass is 9.98. The van der Waals surface area contributed by atoms with E-state index in [4.69, 9.17) is 0 Å². The van der Waals surface area contributed by atoms with E-state index < -0.39 is 0 Å². The average molecular weight is 295 g/mol. The van der Waals surface area contributed by atoms with Gasteiger partial charge in [-0.25, -0.2) is 0 Å². The van der Waals surface area contributed by atoms with E-state index in [1.807, 2.05) is 23.0 Å². The van der Waals surface area contributed by atoms with Crippen LogP contribution in [0, 0.1) is 0 Å². The van der Waals surface area contributed by atoms with Gasteiger partial charge in [0.2, 0.25) is 0 Å². The molecular weight excluding hydrogens is 270 g/mol. The predicted octanol–water partition coefficient (Wildman–Crippen LogP) is 2.34. The second-order valence-electron chi connectivity index (χ2n) is 6.69. The Hall–Kier alpha value is -0.710. The summed E-state index contributed by atoms with van der Waals surface area (Å²) in [5.41, 5.74) is 0. The van der Waals surface area contributed by atoms with Crippen LogP contribution in [0.15, 0.2) is 4.99 Å². The molecule has 0 aromatic rings. The number of amides is 1. The normalized spacial score (nSPS) is 37.0. The number of likely N-dealkylation sites (tertiary alicyclic amines) is 1. The van der Waals surface area contributed by atoms with Gasteiger partial charge >= 0.3 is 0 Å². The Morgan fingerprint density at radius 3 is 2.55 bits per heavy atom. The van der Waals surface area contributed by atoms with Crippen molar-refractivity contribution in [3.63, 3.8) is 0 Å². The highest BCUT2D eigenvalue weighted by Gasteiger charge is 2.59. The van der Waals surface area contributed by atoms with E-state index in [2.05, 4.69) is 30.7 Å². The van der Waals surface area contributed by atoms with E-state index >= 15 is 0 Å². The standard InChI is InChI=1S/C15H25N3OS/c1-11-15(2,3)20-14-12(13(19)18(11)14)16-10-17-8-6-4-5-7-9-17/h10-12,14H,4-9H2,1-3H3. The van der Waals surface area contributed by atoms with Gasteiger partial charge in [-0.05, 0) is 33.6 Å². The fourth-order valence-corrected chi connectivity index (χ4v) is 4.91. The molecule has 5 heteroatoms. The van der Waals surface area contributed by atoms with E-state index in [1.165, 1.54) is 25.7 Å². The maximum Gasteiger partial charge on any atom is 0.251 e. The number of rotatable bonds is 2. The fraction of sp³-hybridized carbons (Fsp3) is 0.867. The molecule has 4 nitrogen and oxygen atoms in total. The minimum absolute atomic E-state index is 0.146. The molecule has 1 amide bonds. The molecule has 3 aliphatic rings. The summed E-state index contributed by atoms with van der Waals surface area (Å²) in [5.74, 6) is 0.214. The van der Waals surface area contributed by atoms with Crippen LogP contribution in [0.2, 0.25) is 0 Å². The summed E-state index contributed by atoms with van der Waals surface area (Å²) < 4.78 is 0.146. The molecule has 0 saturated carbocycles. The van der Waals surface area contributed by atoms with E-state index in [-0.39, 0.29) is 22.1 Å². The van der Waals surface area contributed by atoms with Gasteiger partial charge in [-0.1, -0.05) is 12.8 Å². The molecule has 112 valence electrons. The quantitative estimate of drug-likeness (QED) is 0.446. The van der Waals surface area contributed by atoms with Crippen LogP contribution >= 0.6 is 11.8 Å².